The van der Waals surface area contributed by atoms with Crippen molar-refractivity contribution in [2.45, 2.75) is 32.6 Å². The van der Waals surface area contributed by atoms with Gasteiger partial charge in [0.15, 0.2) is 0 Å². The largest absolute Gasteiger partial charge is 0.395 e. The Balaban J connectivity index is 2.57. The summed E-state index contributed by atoms with van der Waals surface area (Å²) in [6.07, 6.45) is 3.98. The fourth-order valence-corrected chi connectivity index (χ4v) is 2.32. The fraction of sp³-hybridized carbons (Fsp3) is 0.909. The van der Waals surface area contributed by atoms with Crippen LogP contribution in [0.5, 0.6) is 0 Å². The van der Waals surface area contributed by atoms with Crippen LogP contribution in [0.2, 0.25) is 0 Å². The standard InChI is InChI=1S/C11H22N2O2/c1-2-4-11(5-3-6-12-9-11)10(15)13-7-8-14/h12,14H,2-9H2,1H3,(H,13,15). The van der Waals surface area contributed by atoms with E-state index in [9.17, 15) is 4.79 Å². The minimum atomic E-state index is -0.234. The number of aliphatic hydroxyl groups excluding tert-OH is 1. The molecule has 0 aromatic heterocycles. The van der Waals surface area contributed by atoms with Crippen LogP contribution in [0.4, 0.5) is 0 Å². The molecule has 4 heteroatoms. The maximum absolute atomic E-state index is 12.0. The lowest BCUT2D eigenvalue weighted by Crippen LogP contribution is -2.50. The highest BCUT2D eigenvalue weighted by atomic mass is 16.3. The van der Waals surface area contributed by atoms with E-state index in [1.165, 1.54) is 0 Å². The van der Waals surface area contributed by atoms with Crippen LogP contribution in [0.3, 0.4) is 0 Å². The molecule has 0 aromatic rings. The number of carbonyl (C=O) groups is 1. The first-order valence-corrected chi connectivity index (χ1v) is 5.85. The highest BCUT2D eigenvalue weighted by Crippen LogP contribution is 2.31. The van der Waals surface area contributed by atoms with Crippen molar-refractivity contribution >= 4 is 5.91 Å². The molecule has 1 aliphatic rings. The number of rotatable bonds is 5. The summed E-state index contributed by atoms with van der Waals surface area (Å²) in [5, 5.41) is 14.8. The molecule has 1 rings (SSSR count). The number of nitrogens with one attached hydrogen (secondary N) is 2. The molecule has 1 aliphatic heterocycles. The fourth-order valence-electron chi connectivity index (χ4n) is 2.32. The number of piperidine rings is 1. The van der Waals surface area contributed by atoms with Gasteiger partial charge in [-0.3, -0.25) is 4.79 Å². The molecule has 0 aromatic carbocycles. The molecule has 88 valence electrons. The molecule has 15 heavy (non-hydrogen) atoms. The summed E-state index contributed by atoms with van der Waals surface area (Å²) in [6, 6.07) is 0. The molecule has 4 nitrogen and oxygen atoms in total. The van der Waals surface area contributed by atoms with Gasteiger partial charge in [0.1, 0.15) is 0 Å². The topological polar surface area (TPSA) is 61.4 Å². The van der Waals surface area contributed by atoms with Crippen LogP contribution < -0.4 is 10.6 Å². The van der Waals surface area contributed by atoms with Crippen LogP contribution in [0.1, 0.15) is 32.6 Å². The number of hydrogen-bond donors (Lipinski definition) is 3. The van der Waals surface area contributed by atoms with Crippen LogP contribution in [-0.4, -0.2) is 37.3 Å². The van der Waals surface area contributed by atoms with Gasteiger partial charge >= 0.3 is 0 Å². The van der Waals surface area contributed by atoms with Crippen molar-refractivity contribution in [2.24, 2.45) is 5.41 Å². The van der Waals surface area contributed by atoms with E-state index in [-0.39, 0.29) is 17.9 Å². The van der Waals surface area contributed by atoms with Gasteiger partial charge in [0.05, 0.1) is 12.0 Å². The Morgan fingerprint density at radius 3 is 2.93 bits per heavy atom. The second-order valence-electron chi connectivity index (χ2n) is 4.29. The average molecular weight is 214 g/mol. The predicted octanol–water partition coefficient (Wildman–Crippen LogP) is 0.265. The zero-order valence-electron chi connectivity index (χ0n) is 9.51. The molecule has 0 spiro atoms. The quantitative estimate of drug-likeness (QED) is 0.615. The van der Waals surface area contributed by atoms with Gasteiger partial charge in [0.2, 0.25) is 5.91 Å². The summed E-state index contributed by atoms with van der Waals surface area (Å²) >= 11 is 0. The van der Waals surface area contributed by atoms with E-state index in [1.807, 2.05) is 0 Å². The van der Waals surface area contributed by atoms with Crippen LogP contribution >= 0.6 is 0 Å². The van der Waals surface area contributed by atoms with Crippen LogP contribution in [-0.2, 0) is 4.79 Å². The molecule has 1 amide bonds. The molecule has 0 radical (unpaired) electrons. The molecule has 1 atom stereocenters. The van der Waals surface area contributed by atoms with E-state index < -0.39 is 0 Å². The summed E-state index contributed by atoms with van der Waals surface area (Å²) in [6.45, 7) is 4.28. The van der Waals surface area contributed by atoms with Crippen LogP contribution in [0.15, 0.2) is 0 Å². The Kier molecular flexibility index (Phi) is 5.05. The second kappa shape index (κ2) is 6.08. The average Bonchev–Trinajstić information content (AvgIpc) is 2.27. The highest BCUT2D eigenvalue weighted by Gasteiger charge is 2.38. The summed E-state index contributed by atoms with van der Waals surface area (Å²) < 4.78 is 0. The third-order valence-electron chi connectivity index (χ3n) is 3.08. The Morgan fingerprint density at radius 2 is 2.40 bits per heavy atom. The number of aliphatic hydroxyl groups is 1. The van der Waals surface area contributed by atoms with Gasteiger partial charge in [0.25, 0.3) is 0 Å². The first-order valence-electron chi connectivity index (χ1n) is 5.85. The van der Waals surface area contributed by atoms with Crippen molar-refractivity contribution in [1.29, 1.82) is 0 Å². The SMILES string of the molecule is CCCC1(C(=O)NCCO)CCCNC1. The first kappa shape index (κ1) is 12.5. The molecule has 1 heterocycles. The van der Waals surface area contributed by atoms with Crippen LogP contribution in [0.25, 0.3) is 0 Å². The third kappa shape index (κ3) is 3.18. The van der Waals surface area contributed by atoms with E-state index in [1.54, 1.807) is 0 Å². The maximum Gasteiger partial charge on any atom is 0.227 e. The highest BCUT2D eigenvalue weighted by molar-refractivity contribution is 5.83. The first-order chi connectivity index (χ1) is 7.25. The zero-order chi connectivity index (χ0) is 11.1. The molecule has 1 saturated heterocycles. The lowest BCUT2D eigenvalue weighted by atomic mass is 9.76. The Morgan fingerprint density at radius 1 is 1.60 bits per heavy atom. The normalized spacial score (nSPS) is 26.3. The van der Waals surface area contributed by atoms with E-state index in [4.69, 9.17) is 5.11 Å². The molecule has 1 fully saturated rings. The van der Waals surface area contributed by atoms with Crippen molar-refractivity contribution in [2.75, 3.05) is 26.2 Å². The monoisotopic (exact) mass is 214 g/mol. The molecule has 0 aliphatic carbocycles. The van der Waals surface area contributed by atoms with Gasteiger partial charge in [0, 0.05) is 13.1 Å². The Bertz CT molecular complexity index is 195. The predicted molar refractivity (Wildman–Crippen MR) is 59.5 cm³/mol. The minimum absolute atomic E-state index is 0.0153. The third-order valence-corrected chi connectivity index (χ3v) is 3.08. The van der Waals surface area contributed by atoms with Gasteiger partial charge < -0.3 is 15.7 Å². The van der Waals surface area contributed by atoms with Gasteiger partial charge in [-0.1, -0.05) is 13.3 Å². The van der Waals surface area contributed by atoms with E-state index in [0.717, 1.165) is 38.8 Å². The van der Waals surface area contributed by atoms with Gasteiger partial charge in [-0.05, 0) is 25.8 Å². The molecule has 1 unspecified atom stereocenters. The Hall–Kier alpha value is -0.610. The van der Waals surface area contributed by atoms with Crippen molar-refractivity contribution in [1.82, 2.24) is 10.6 Å². The number of amides is 1. The number of hydrogen-bond acceptors (Lipinski definition) is 3. The lowest BCUT2D eigenvalue weighted by Gasteiger charge is -2.36. The van der Waals surface area contributed by atoms with Crippen molar-refractivity contribution in [3.05, 3.63) is 0 Å². The van der Waals surface area contributed by atoms with E-state index >= 15 is 0 Å². The minimum Gasteiger partial charge on any atom is -0.395 e. The summed E-state index contributed by atoms with van der Waals surface area (Å²) in [7, 11) is 0. The molecule has 0 saturated carbocycles. The molecular formula is C11H22N2O2. The van der Waals surface area contributed by atoms with Crippen molar-refractivity contribution in [3.63, 3.8) is 0 Å². The summed E-state index contributed by atoms with van der Waals surface area (Å²) in [4.78, 5) is 12.0. The van der Waals surface area contributed by atoms with Crippen LogP contribution in [0, 0.1) is 5.41 Å². The Labute approximate surface area is 91.4 Å². The van der Waals surface area contributed by atoms with Gasteiger partial charge in [-0.2, -0.15) is 0 Å². The van der Waals surface area contributed by atoms with E-state index in [2.05, 4.69) is 17.6 Å². The van der Waals surface area contributed by atoms with Crippen molar-refractivity contribution < 1.29 is 9.90 Å². The molecule has 3 N–H and O–H groups in total. The van der Waals surface area contributed by atoms with Crippen molar-refractivity contribution in [3.8, 4) is 0 Å². The van der Waals surface area contributed by atoms with Gasteiger partial charge in [-0.25, -0.2) is 0 Å². The zero-order valence-corrected chi connectivity index (χ0v) is 9.51. The summed E-state index contributed by atoms with van der Waals surface area (Å²) in [5.74, 6) is 0.102. The smallest absolute Gasteiger partial charge is 0.227 e. The lowest BCUT2D eigenvalue weighted by molar-refractivity contribution is -0.132. The summed E-state index contributed by atoms with van der Waals surface area (Å²) in [5.41, 5.74) is -0.234. The van der Waals surface area contributed by atoms with E-state index in [0.29, 0.717) is 6.54 Å². The van der Waals surface area contributed by atoms with Gasteiger partial charge in [-0.15, -0.1) is 0 Å². The second-order valence-corrected chi connectivity index (χ2v) is 4.29. The maximum atomic E-state index is 12.0. The number of carbonyl (C=O) groups excluding carboxylic acids is 1. The molecule has 0 bridgehead atoms. The molecular weight excluding hydrogens is 192 g/mol.